The second-order valence-corrected chi connectivity index (χ2v) is 7.13. The maximum absolute atomic E-state index is 11.4. The molecule has 1 aromatic rings. The van der Waals surface area contributed by atoms with Gasteiger partial charge in [0.2, 0.25) is 5.91 Å². The van der Waals surface area contributed by atoms with Crippen molar-refractivity contribution in [3.63, 3.8) is 0 Å². The third-order valence-corrected chi connectivity index (χ3v) is 3.69. The maximum atomic E-state index is 11.4. The molecule has 0 saturated heterocycles. The molecule has 0 aliphatic carbocycles. The molecular weight excluding hydrogens is 340 g/mol. The summed E-state index contributed by atoms with van der Waals surface area (Å²) in [4.78, 5) is 22.0. The van der Waals surface area contributed by atoms with Crippen molar-refractivity contribution in [3.05, 3.63) is 33.9 Å². The van der Waals surface area contributed by atoms with Crippen LogP contribution in [0.1, 0.15) is 39.2 Å². The number of aliphatic hydroxyl groups excluding tert-OH is 1. The second kappa shape index (κ2) is 8.24. The number of β-amino-alcohol motifs (C(OH)–C–C–N with tert-alkyl or cyclic N) is 1. The van der Waals surface area contributed by atoms with E-state index in [-0.39, 0.29) is 35.9 Å². The highest BCUT2D eigenvalue weighted by atomic mass is 16.6. The number of nitro groups is 1. The van der Waals surface area contributed by atoms with Gasteiger partial charge >= 0.3 is 0 Å². The summed E-state index contributed by atoms with van der Waals surface area (Å²) in [5.74, 6) is 0.0740. The monoisotopic (exact) mass is 364 g/mol. The van der Waals surface area contributed by atoms with Crippen LogP contribution in [-0.4, -0.2) is 46.4 Å². The van der Waals surface area contributed by atoms with E-state index in [1.54, 1.807) is 12.1 Å². The first-order chi connectivity index (χ1) is 12.2. The van der Waals surface area contributed by atoms with Crippen molar-refractivity contribution >= 4 is 17.3 Å². The van der Waals surface area contributed by atoms with Crippen molar-refractivity contribution in [2.75, 3.05) is 13.2 Å². The van der Waals surface area contributed by atoms with Crippen molar-refractivity contribution in [2.24, 2.45) is 5.10 Å². The molecule has 0 fully saturated rings. The van der Waals surface area contributed by atoms with Crippen molar-refractivity contribution in [3.8, 4) is 5.75 Å². The van der Waals surface area contributed by atoms with Crippen LogP contribution in [0, 0.1) is 10.1 Å². The zero-order valence-electron chi connectivity index (χ0n) is 15.1. The number of nitrogens with zero attached hydrogens (tertiary/aromatic N) is 2. The van der Waals surface area contributed by atoms with Crippen molar-refractivity contribution < 1.29 is 19.6 Å². The van der Waals surface area contributed by atoms with Crippen LogP contribution < -0.4 is 15.5 Å². The lowest BCUT2D eigenvalue weighted by atomic mass is 10.0. The van der Waals surface area contributed by atoms with Crippen molar-refractivity contribution in [2.45, 2.75) is 45.3 Å². The summed E-state index contributed by atoms with van der Waals surface area (Å²) in [5, 5.41) is 28.4. The van der Waals surface area contributed by atoms with E-state index in [0.29, 0.717) is 24.2 Å². The number of amides is 1. The highest BCUT2D eigenvalue weighted by Crippen LogP contribution is 2.27. The van der Waals surface area contributed by atoms with E-state index < -0.39 is 11.0 Å². The summed E-state index contributed by atoms with van der Waals surface area (Å²) in [6.07, 6.45) is -0.170. The van der Waals surface area contributed by atoms with Gasteiger partial charge in [0.05, 0.1) is 22.3 Å². The number of hydrazone groups is 1. The summed E-state index contributed by atoms with van der Waals surface area (Å²) >= 11 is 0. The van der Waals surface area contributed by atoms with E-state index in [0.717, 1.165) is 0 Å². The van der Waals surface area contributed by atoms with E-state index in [9.17, 15) is 20.0 Å². The number of carbonyl (C=O) groups is 1. The van der Waals surface area contributed by atoms with Crippen molar-refractivity contribution in [1.29, 1.82) is 0 Å². The smallest absolute Gasteiger partial charge is 0.282 e. The molecule has 26 heavy (non-hydrogen) atoms. The number of nitrogens with one attached hydrogen (secondary N) is 2. The first-order valence-corrected chi connectivity index (χ1v) is 8.36. The van der Waals surface area contributed by atoms with Crippen molar-refractivity contribution in [1.82, 2.24) is 10.7 Å². The molecule has 1 atom stereocenters. The lowest BCUT2D eigenvalue weighted by Crippen LogP contribution is -2.42. The largest absolute Gasteiger partial charge is 0.491 e. The average molecular weight is 364 g/mol. The first kappa shape index (κ1) is 19.8. The van der Waals surface area contributed by atoms with Gasteiger partial charge in [0.1, 0.15) is 18.5 Å². The molecule has 1 unspecified atom stereocenters. The molecular formula is C17H24N4O5. The Labute approximate surface area is 151 Å². The fourth-order valence-corrected chi connectivity index (χ4v) is 2.34. The van der Waals surface area contributed by atoms with Gasteiger partial charge in [-0.2, -0.15) is 5.10 Å². The summed E-state index contributed by atoms with van der Waals surface area (Å²) in [7, 11) is 0. The quantitative estimate of drug-likeness (QED) is 0.495. The van der Waals surface area contributed by atoms with E-state index in [4.69, 9.17) is 4.74 Å². The van der Waals surface area contributed by atoms with Crippen LogP contribution in [0.3, 0.4) is 0 Å². The molecule has 0 saturated carbocycles. The Balaban J connectivity index is 2.06. The van der Waals surface area contributed by atoms with Crippen LogP contribution in [0.2, 0.25) is 0 Å². The number of hydrogen-bond acceptors (Lipinski definition) is 7. The molecule has 2 rings (SSSR count). The molecule has 1 heterocycles. The van der Waals surface area contributed by atoms with Crippen LogP contribution >= 0.6 is 0 Å². The zero-order valence-corrected chi connectivity index (χ0v) is 15.1. The molecule has 3 N–H and O–H groups in total. The van der Waals surface area contributed by atoms with Gasteiger partial charge in [-0.15, -0.1) is 0 Å². The molecule has 1 amide bonds. The van der Waals surface area contributed by atoms with Crippen LogP contribution in [-0.2, 0) is 4.79 Å². The van der Waals surface area contributed by atoms with E-state index >= 15 is 0 Å². The molecule has 0 aromatic heterocycles. The molecule has 1 aliphatic rings. The van der Waals surface area contributed by atoms with E-state index in [2.05, 4.69) is 15.8 Å². The molecule has 0 radical (unpaired) electrons. The number of carbonyl (C=O) groups excluding carboxylic acids is 1. The minimum Gasteiger partial charge on any atom is -0.491 e. The zero-order chi connectivity index (χ0) is 19.3. The third kappa shape index (κ3) is 5.78. The number of ether oxygens (including phenoxy) is 1. The number of rotatable bonds is 7. The summed E-state index contributed by atoms with van der Waals surface area (Å²) in [6.45, 7) is 6.31. The van der Waals surface area contributed by atoms with Gasteiger partial charge in [-0.25, -0.2) is 5.43 Å². The van der Waals surface area contributed by atoms with Crippen LogP contribution in [0.15, 0.2) is 23.3 Å². The molecule has 1 aliphatic heterocycles. The van der Waals surface area contributed by atoms with Crippen LogP contribution in [0.25, 0.3) is 0 Å². The van der Waals surface area contributed by atoms with Gasteiger partial charge in [-0.05, 0) is 32.9 Å². The third-order valence-electron chi connectivity index (χ3n) is 3.69. The standard InChI is InChI=1S/C17H24N4O5/c1-17(2,3)18-9-11(22)10-26-12-4-5-13(15(8-12)21(24)25)14-6-7-16(23)20-19-14/h4-5,8,11,18,22H,6-7,9-10H2,1-3H3,(H,20,23). The predicted molar refractivity (Wildman–Crippen MR) is 96.3 cm³/mol. The Kier molecular flexibility index (Phi) is 6.27. The van der Waals surface area contributed by atoms with Crippen LogP contribution in [0.5, 0.6) is 5.75 Å². The van der Waals surface area contributed by atoms with E-state index in [1.165, 1.54) is 6.07 Å². The predicted octanol–water partition coefficient (Wildman–Crippen LogP) is 1.34. The number of benzene rings is 1. The van der Waals surface area contributed by atoms with Gasteiger partial charge in [0.25, 0.3) is 5.69 Å². The first-order valence-electron chi connectivity index (χ1n) is 8.36. The molecule has 0 spiro atoms. The SMILES string of the molecule is CC(C)(C)NCC(O)COc1ccc(C2=NNC(=O)CC2)c([N+](=O)[O-])c1. The Bertz CT molecular complexity index is 712. The molecule has 142 valence electrons. The molecule has 9 heteroatoms. The number of nitro benzene ring substituents is 1. The van der Waals surface area contributed by atoms with Gasteiger partial charge in [0.15, 0.2) is 0 Å². The second-order valence-electron chi connectivity index (χ2n) is 7.13. The van der Waals surface area contributed by atoms with Gasteiger partial charge in [-0.3, -0.25) is 14.9 Å². The maximum Gasteiger partial charge on any atom is 0.282 e. The normalized spacial score (nSPS) is 15.8. The fourth-order valence-electron chi connectivity index (χ4n) is 2.34. The molecule has 0 bridgehead atoms. The highest BCUT2D eigenvalue weighted by molar-refractivity contribution is 6.06. The summed E-state index contributed by atoms with van der Waals surface area (Å²) < 4.78 is 5.48. The fraction of sp³-hybridized carbons (Fsp3) is 0.529. The Hall–Kier alpha value is -2.52. The minimum atomic E-state index is -0.745. The van der Waals surface area contributed by atoms with Crippen LogP contribution in [0.4, 0.5) is 5.69 Å². The van der Waals surface area contributed by atoms with Gasteiger partial charge in [-0.1, -0.05) is 0 Å². The summed E-state index contributed by atoms with van der Waals surface area (Å²) in [5.41, 5.74) is 2.85. The van der Waals surface area contributed by atoms with Gasteiger partial charge < -0.3 is 15.2 Å². The molecule has 1 aromatic carbocycles. The Morgan fingerprint density at radius 3 is 2.73 bits per heavy atom. The Morgan fingerprint density at radius 1 is 1.42 bits per heavy atom. The lowest BCUT2D eigenvalue weighted by Gasteiger charge is -2.23. The minimum absolute atomic E-state index is 0.0105. The van der Waals surface area contributed by atoms with E-state index in [1.807, 2.05) is 20.8 Å². The number of hydrogen-bond donors (Lipinski definition) is 3. The highest BCUT2D eigenvalue weighted by Gasteiger charge is 2.23. The van der Waals surface area contributed by atoms with Gasteiger partial charge in [0, 0.05) is 24.9 Å². The average Bonchev–Trinajstić information content (AvgIpc) is 2.58. The molecule has 9 nitrogen and oxygen atoms in total. The lowest BCUT2D eigenvalue weighted by molar-refractivity contribution is -0.385. The Morgan fingerprint density at radius 2 is 2.15 bits per heavy atom. The summed E-state index contributed by atoms with van der Waals surface area (Å²) in [6, 6.07) is 4.44. The topological polar surface area (TPSA) is 126 Å². The number of aliphatic hydroxyl groups is 1.